The van der Waals surface area contributed by atoms with Crippen molar-refractivity contribution in [3.8, 4) is 17.2 Å². The van der Waals surface area contributed by atoms with Crippen molar-refractivity contribution in [1.29, 1.82) is 0 Å². The molecule has 14 nitrogen and oxygen atoms in total. The Kier molecular flexibility index (Phi) is 13.2. The minimum absolute atomic E-state index is 0.138. The highest BCUT2D eigenvalue weighted by Gasteiger charge is 2.51. The fraction of sp³-hybridized carbons (Fsp3) is 0.390. The average Bonchev–Trinajstić information content (AvgIpc) is 3.21. The second kappa shape index (κ2) is 18.0. The highest BCUT2D eigenvalue weighted by atomic mass is 16.6. The number of aliphatic hydroxyl groups is 8. The summed E-state index contributed by atoms with van der Waals surface area (Å²) in [6, 6.07) is 26.8. The van der Waals surface area contributed by atoms with E-state index in [9.17, 15) is 45.6 Å². The highest BCUT2D eigenvalue weighted by Crippen LogP contribution is 2.54. The minimum Gasteiger partial charge on any atom is -0.488 e. The van der Waals surface area contributed by atoms with Crippen LogP contribution in [0.3, 0.4) is 0 Å². The Morgan fingerprint density at radius 3 is 1.15 bits per heavy atom. The maximum absolute atomic E-state index is 14.0. The topological polar surface area (TPSA) is 225 Å². The van der Waals surface area contributed by atoms with Gasteiger partial charge in [-0.3, -0.25) is 4.79 Å². The Hall–Kier alpha value is -4.45. The molecule has 10 atom stereocenters. The van der Waals surface area contributed by atoms with Gasteiger partial charge < -0.3 is 64.5 Å². The molecule has 0 aliphatic carbocycles. The van der Waals surface area contributed by atoms with Gasteiger partial charge in [0.05, 0.1) is 24.3 Å². The van der Waals surface area contributed by atoms with Crippen LogP contribution in [0.2, 0.25) is 0 Å². The second-order valence-electron chi connectivity index (χ2n) is 13.6. The van der Waals surface area contributed by atoms with E-state index in [1.165, 1.54) is 6.92 Å². The van der Waals surface area contributed by atoms with Crippen LogP contribution in [0.5, 0.6) is 17.2 Å². The van der Waals surface area contributed by atoms with Crippen molar-refractivity contribution in [1.82, 2.24) is 0 Å². The summed E-state index contributed by atoms with van der Waals surface area (Å²) in [6.07, 6.45) is -17.2. The van der Waals surface area contributed by atoms with Gasteiger partial charge in [0.2, 0.25) is 0 Å². The van der Waals surface area contributed by atoms with E-state index in [0.717, 1.165) is 0 Å². The highest BCUT2D eigenvalue weighted by molar-refractivity contribution is 6.01. The van der Waals surface area contributed by atoms with E-state index < -0.39 is 80.0 Å². The first-order chi connectivity index (χ1) is 26.5. The van der Waals surface area contributed by atoms with Crippen molar-refractivity contribution in [2.45, 2.75) is 87.8 Å². The molecule has 0 aromatic heterocycles. The molecule has 8 N–H and O–H groups in total. The van der Waals surface area contributed by atoms with Crippen molar-refractivity contribution in [2.24, 2.45) is 0 Å². The molecule has 2 aliphatic heterocycles. The van der Waals surface area contributed by atoms with E-state index in [1.54, 1.807) is 78.9 Å². The lowest BCUT2D eigenvalue weighted by atomic mass is 9.83. The molecule has 6 unspecified atom stereocenters. The van der Waals surface area contributed by atoms with Crippen LogP contribution in [0.25, 0.3) is 0 Å². The van der Waals surface area contributed by atoms with E-state index in [0.29, 0.717) is 16.7 Å². The summed E-state index contributed by atoms with van der Waals surface area (Å²) < 4.78 is 31.7. The maximum Gasteiger partial charge on any atom is 0.167 e. The number of ether oxygens (including phenoxy) is 5. The third-order valence-electron chi connectivity index (χ3n) is 9.82. The summed E-state index contributed by atoms with van der Waals surface area (Å²) in [6.45, 7) is -0.773. The maximum atomic E-state index is 14.0. The first kappa shape index (κ1) is 40.2. The van der Waals surface area contributed by atoms with Crippen LogP contribution >= 0.6 is 0 Å². The molecule has 14 heteroatoms. The summed E-state index contributed by atoms with van der Waals surface area (Å²) in [5.74, 6) is -1.27. The fourth-order valence-corrected chi connectivity index (χ4v) is 6.89. The van der Waals surface area contributed by atoms with Gasteiger partial charge >= 0.3 is 0 Å². The first-order valence-corrected chi connectivity index (χ1v) is 17.9. The molecule has 2 fully saturated rings. The molecule has 0 spiro atoms. The third kappa shape index (κ3) is 8.54. The Morgan fingerprint density at radius 2 is 0.836 bits per heavy atom. The molecule has 0 radical (unpaired) electrons. The molecule has 294 valence electrons. The van der Waals surface area contributed by atoms with Gasteiger partial charge in [-0.1, -0.05) is 91.0 Å². The molecule has 2 heterocycles. The average molecular weight is 763 g/mol. The van der Waals surface area contributed by atoms with Crippen LogP contribution in [0.1, 0.15) is 57.3 Å². The molecular formula is C41H46O14. The molecule has 55 heavy (non-hydrogen) atoms. The van der Waals surface area contributed by atoms with E-state index >= 15 is 0 Å². The van der Waals surface area contributed by atoms with Crippen molar-refractivity contribution >= 4 is 5.78 Å². The number of ketones is 1. The van der Waals surface area contributed by atoms with Crippen LogP contribution in [0.15, 0.2) is 91.0 Å². The Morgan fingerprint density at radius 1 is 0.509 bits per heavy atom. The van der Waals surface area contributed by atoms with Crippen LogP contribution in [-0.2, 0) is 29.3 Å². The van der Waals surface area contributed by atoms with E-state index in [-0.39, 0.29) is 53.8 Å². The molecule has 0 amide bonds. The monoisotopic (exact) mass is 762 g/mol. The van der Waals surface area contributed by atoms with Crippen LogP contribution < -0.4 is 14.2 Å². The number of hydrogen-bond acceptors (Lipinski definition) is 14. The molecule has 4 aromatic carbocycles. The molecule has 4 aromatic rings. The number of carbonyl (C=O) groups is 1. The predicted octanol–water partition coefficient (Wildman–Crippen LogP) is 1.66. The van der Waals surface area contributed by atoms with Gasteiger partial charge in [-0.25, -0.2) is 0 Å². The molecule has 2 saturated heterocycles. The van der Waals surface area contributed by atoms with E-state index in [1.807, 2.05) is 12.1 Å². The molecular weight excluding hydrogens is 716 g/mol. The Bertz CT molecular complexity index is 1750. The Labute approximate surface area is 317 Å². The minimum atomic E-state index is -1.91. The van der Waals surface area contributed by atoms with Crippen LogP contribution in [0, 0.1) is 0 Å². The van der Waals surface area contributed by atoms with Crippen LogP contribution in [-0.4, -0.2) is 109 Å². The summed E-state index contributed by atoms with van der Waals surface area (Å²) >= 11 is 0. The third-order valence-corrected chi connectivity index (χ3v) is 9.82. The number of hydrogen-bond donors (Lipinski definition) is 8. The van der Waals surface area contributed by atoms with Gasteiger partial charge in [0.25, 0.3) is 0 Å². The van der Waals surface area contributed by atoms with Gasteiger partial charge in [0.15, 0.2) is 5.78 Å². The summed E-state index contributed by atoms with van der Waals surface area (Å²) in [4.78, 5) is 14.0. The van der Waals surface area contributed by atoms with Gasteiger partial charge in [-0.15, -0.1) is 0 Å². The zero-order chi connectivity index (χ0) is 39.2. The standard InChI is InChI=1S/C41H46O14/c1-22(44)28-37(51-19-23-11-5-2-6-12-23)29(40-35(49)33(47)31(45)26(17-42)54-40)39(53-21-25-15-9-4-10-16-25)30(38(28)52-20-24-13-7-3-8-14-24)41-36(50)34(48)32(46)27(18-43)55-41/h2-16,26-27,31-36,40-43,45-50H,17-21H2,1H3/t26?,27?,31-,32-,33?,34?,35?,36?,40+,41+/m1/s1. The largest absolute Gasteiger partial charge is 0.488 e. The number of Topliss-reactive ketones (excluding diaryl/α,β-unsaturated/α-hetero) is 1. The lowest BCUT2D eigenvalue weighted by molar-refractivity contribution is -0.234. The molecule has 6 rings (SSSR count). The summed E-state index contributed by atoms with van der Waals surface area (Å²) in [5, 5.41) is 87.3. The number of aliphatic hydroxyl groups excluding tert-OH is 8. The molecule has 2 aliphatic rings. The van der Waals surface area contributed by atoms with Gasteiger partial charge in [0, 0.05) is 0 Å². The fourth-order valence-electron chi connectivity index (χ4n) is 6.89. The van der Waals surface area contributed by atoms with E-state index in [4.69, 9.17) is 23.7 Å². The van der Waals surface area contributed by atoms with Gasteiger partial charge in [0.1, 0.15) is 104 Å². The number of carbonyl (C=O) groups excluding carboxylic acids is 1. The lowest BCUT2D eigenvalue weighted by Gasteiger charge is -2.43. The van der Waals surface area contributed by atoms with Crippen molar-refractivity contribution < 1.29 is 69.3 Å². The number of benzene rings is 4. The first-order valence-electron chi connectivity index (χ1n) is 17.9. The van der Waals surface area contributed by atoms with Crippen molar-refractivity contribution in [3.63, 3.8) is 0 Å². The van der Waals surface area contributed by atoms with Crippen molar-refractivity contribution in [2.75, 3.05) is 13.2 Å². The predicted molar refractivity (Wildman–Crippen MR) is 194 cm³/mol. The van der Waals surface area contributed by atoms with Crippen LogP contribution in [0.4, 0.5) is 0 Å². The quantitative estimate of drug-likeness (QED) is 0.0856. The van der Waals surface area contributed by atoms with Crippen molar-refractivity contribution in [3.05, 3.63) is 124 Å². The SMILES string of the molecule is CC(=O)c1c(OCc2ccccc2)c([C@@H]2OC(CO)[C@@H](O)C(O)C2O)c(OCc2ccccc2)c([C@@H]2OC(CO)[C@@H](O)C(O)C2O)c1OCc1ccccc1. The van der Waals surface area contributed by atoms with Gasteiger partial charge in [-0.2, -0.15) is 0 Å². The smallest absolute Gasteiger partial charge is 0.167 e. The van der Waals surface area contributed by atoms with Gasteiger partial charge in [-0.05, 0) is 23.6 Å². The lowest BCUT2D eigenvalue weighted by Crippen LogP contribution is -2.56. The second-order valence-corrected chi connectivity index (χ2v) is 13.6. The van der Waals surface area contributed by atoms with E-state index in [2.05, 4.69) is 0 Å². The molecule has 0 bridgehead atoms. The summed E-state index contributed by atoms with van der Waals surface area (Å²) in [5.41, 5.74) is 1.43. The summed E-state index contributed by atoms with van der Waals surface area (Å²) in [7, 11) is 0. The molecule has 0 saturated carbocycles. The normalized spacial score (nSPS) is 28.0. The Balaban J connectivity index is 1.69. The zero-order valence-corrected chi connectivity index (χ0v) is 30.0. The zero-order valence-electron chi connectivity index (χ0n) is 30.0. The number of rotatable bonds is 14.